The zero-order valence-electron chi connectivity index (χ0n) is 16.2. The van der Waals surface area contributed by atoms with E-state index in [1.165, 1.54) is 0 Å². The summed E-state index contributed by atoms with van der Waals surface area (Å²) in [6.45, 7) is 14.8. The van der Waals surface area contributed by atoms with E-state index in [0.29, 0.717) is 22.6 Å². The molecule has 0 aliphatic rings. The summed E-state index contributed by atoms with van der Waals surface area (Å²) in [4.78, 5) is 12.5. The van der Waals surface area contributed by atoms with Crippen LogP contribution in [0.15, 0.2) is 31.8 Å². The first-order valence-electron chi connectivity index (χ1n) is 8.72. The Bertz CT molecular complexity index is 1000. The van der Waals surface area contributed by atoms with Crippen molar-refractivity contribution in [3.63, 3.8) is 0 Å². The summed E-state index contributed by atoms with van der Waals surface area (Å²) in [6, 6.07) is 5.83. The average molecular weight is 341 g/mol. The van der Waals surface area contributed by atoms with E-state index < -0.39 is 0 Å². The molecule has 0 spiro atoms. The van der Waals surface area contributed by atoms with Crippen molar-refractivity contribution in [3.05, 3.63) is 39.9 Å². The molecule has 0 fully saturated rings. The van der Waals surface area contributed by atoms with Gasteiger partial charge in [0, 0.05) is 10.9 Å². The molecule has 4 heteroatoms. The zero-order valence-corrected chi connectivity index (χ0v) is 16.2. The molecule has 0 amide bonds. The fraction of sp³-hybridized carbons (Fsp3) is 0.476. The maximum Gasteiger partial charge on any atom is 0.347 e. The Morgan fingerprint density at radius 2 is 1.68 bits per heavy atom. The number of anilines is 1. The predicted molar refractivity (Wildman–Crippen MR) is 104 cm³/mol. The number of rotatable bonds is 3. The molecule has 0 aliphatic heterocycles. The van der Waals surface area contributed by atoms with Crippen LogP contribution in [0, 0.1) is 19.3 Å². The minimum atomic E-state index is -0.353. The van der Waals surface area contributed by atoms with Crippen LogP contribution in [0.5, 0.6) is 0 Å². The Morgan fingerprint density at radius 1 is 1.00 bits per heavy atom. The van der Waals surface area contributed by atoms with Crippen LogP contribution in [-0.4, -0.2) is 5.54 Å². The van der Waals surface area contributed by atoms with Crippen LogP contribution in [0.1, 0.15) is 52.4 Å². The number of benzene rings is 1. The molecular weight excluding hydrogens is 314 g/mol. The fourth-order valence-corrected chi connectivity index (χ4v) is 3.89. The van der Waals surface area contributed by atoms with E-state index >= 15 is 0 Å². The molecule has 2 heterocycles. The lowest BCUT2D eigenvalue weighted by Crippen LogP contribution is -2.35. The van der Waals surface area contributed by atoms with Crippen LogP contribution in [0.25, 0.3) is 21.7 Å². The highest BCUT2D eigenvalue weighted by atomic mass is 16.4. The largest absolute Gasteiger partial charge is 0.444 e. The molecule has 25 heavy (non-hydrogen) atoms. The van der Waals surface area contributed by atoms with Crippen molar-refractivity contribution in [2.24, 2.45) is 5.41 Å². The van der Waals surface area contributed by atoms with Gasteiger partial charge in [0.25, 0.3) is 0 Å². The molecule has 0 aliphatic carbocycles. The third-order valence-corrected chi connectivity index (χ3v) is 4.32. The first-order valence-corrected chi connectivity index (χ1v) is 8.72. The smallest absolute Gasteiger partial charge is 0.347 e. The normalized spacial score (nSPS) is 12.9. The van der Waals surface area contributed by atoms with Gasteiger partial charge in [-0.3, -0.25) is 0 Å². The molecule has 0 saturated carbocycles. The summed E-state index contributed by atoms with van der Waals surface area (Å²) in [6.07, 6.45) is 0.958. The topological polar surface area (TPSA) is 55.4 Å². The standard InChI is InChI=1S/C21H27NO3/c1-12-8-9-15-14(10-12)17-16(19(23)25-15)13(2)24-18(17)22-21(6,7)11-20(3,4)5/h8-10,22H,11H2,1-7H3. The van der Waals surface area contributed by atoms with E-state index in [9.17, 15) is 4.79 Å². The van der Waals surface area contributed by atoms with E-state index in [1.54, 1.807) is 0 Å². The van der Waals surface area contributed by atoms with E-state index in [1.807, 2.05) is 32.0 Å². The average Bonchev–Trinajstić information content (AvgIpc) is 2.73. The Balaban J connectivity index is 2.24. The molecule has 3 aromatic rings. The molecule has 134 valence electrons. The second-order valence-corrected chi connectivity index (χ2v) is 8.87. The number of aryl methyl sites for hydroxylation is 2. The highest BCUT2D eigenvalue weighted by molar-refractivity contribution is 6.11. The zero-order chi connectivity index (χ0) is 18.6. The van der Waals surface area contributed by atoms with Gasteiger partial charge in [0.05, 0.1) is 5.39 Å². The Morgan fingerprint density at radius 3 is 2.32 bits per heavy atom. The lowest BCUT2D eigenvalue weighted by Gasteiger charge is -2.33. The van der Waals surface area contributed by atoms with Crippen molar-refractivity contribution < 1.29 is 8.83 Å². The second-order valence-electron chi connectivity index (χ2n) is 8.87. The Hall–Kier alpha value is -2.23. The fourth-order valence-electron chi connectivity index (χ4n) is 3.89. The second kappa shape index (κ2) is 5.65. The van der Waals surface area contributed by atoms with Crippen LogP contribution in [-0.2, 0) is 0 Å². The molecule has 2 aromatic heterocycles. The highest BCUT2D eigenvalue weighted by Crippen LogP contribution is 2.37. The quantitative estimate of drug-likeness (QED) is 0.613. The summed E-state index contributed by atoms with van der Waals surface area (Å²) < 4.78 is 11.5. The monoisotopic (exact) mass is 341 g/mol. The molecule has 1 N–H and O–H groups in total. The molecule has 0 saturated heterocycles. The van der Waals surface area contributed by atoms with Crippen LogP contribution >= 0.6 is 0 Å². The van der Waals surface area contributed by atoms with E-state index in [4.69, 9.17) is 8.83 Å². The maximum atomic E-state index is 12.5. The third kappa shape index (κ3) is 3.44. The lowest BCUT2D eigenvalue weighted by atomic mass is 9.82. The first kappa shape index (κ1) is 17.6. The molecule has 3 rings (SSSR count). The van der Waals surface area contributed by atoms with E-state index in [-0.39, 0.29) is 16.6 Å². The Kier molecular flexibility index (Phi) is 3.98. The maximum absolute atomic E-state index is 12.5. The van der Waals surface area contributed by atoms with Gasteiger partial charge in [-0.05, 0) is 51.7 Å². The van der Waals surface area contributed by atoms with Crippen molar-refractivity contribution in [2.45, 2.75) is 60.4 Å². The van der Waals surface area contributed by atoms with E-state index in [2.05, 4.69) is 39.9 Å². The van der Waals surface area contributed by atoms with Gasteiger partial charge in [-0.15, -0.1) is 0 Å². The summed E-state index contributed by atoms with van der Waals surface area (Å²) in [7, 11) is 0. The highest BCUT2D eigenvalue weighted by Gasteiger charge is 2.28. The first-order chi connectivity index (χ1) is 11.5. The number of fused-ring (bicyclic) bond motifs is 3. The number of hydrogen-bond acceptors (Lipinski definition) is 4. The summed E-state index contributed by atoms with van der Waals surface area (Å²) in [5.74, 6) is 1.23. The van der Waals surface area contributed by atoms with Gasteiger partial charge in [0.2, 0.25) is 5.88 Å². The predicted octanol–water partition coefficient (Wildman–Crippen LogP) is 5.78. The Labute approximate surface area is 148 Å². The summed E-state index contributed by atoms with van der Waals surface area (Å²) in [5.41, 5.74) is 1.34. The molecule has 0 bridgehead atoms. The molecule has 1 aromatic carbocycles. The molecule has 0 unspecified atom stereocenters. The number of hydrogen-bond donors (Lipinski definition) is 1. The van der Waals surface area contributed by atoms with Crippen LogP contribution in [0.3, 0.4) is 0 Å². The van der Waals surface area contributed by atoms with Crippen molar-refractivity contribution in [3.8, 4) is 0 Å². The van der Waals surface area contributed by atoms with Gasteiger partial charge < -0.3 is 14.2 Å². The van der Waals surface area contributed by atoms with E-state index in [0.717, 1.165) is 22.8 Å². The van der Waals surface area contributed by atoms with Crippen LogP contribution in [0.4, 0.5) is 5.88 Å². The third-order valence-electron chi connectivity index (χ3n) is 4.32. The molecule has 0 radical (unpaired) electrons. The molecular formula is C21H27NO3. The van der Waals surface area contributed by atoms with Gasteiger partial charge >= 0.3 is 5.63 Å². The van der Waals surface area contributed by atoms with Crippen molar-refractivity contribution in [2.75, 3.05) is 5.32 Å². The number of nitrogens with one attached hydrogen (secondary N) is 1. The summed E-state index contributed by atoms with van der Waals surface area (Å²) >= 11 is 0. The van der Waals surface area contributed by atoms with Crippen molar-refractivity contribution in [1.82, 2.24) is 0 Å². The van der Waals surface area contributed by atoms with Crippen molar-refractivity contribution in [1.29, 1.82) is 0 Å². The minimum Gasteiger partial charge on any atom is -0.444 e. The molecule has 4 nitrogen and oxygen atoms in total. The van der Waals surface area contributed by atoms with Crippen LogP contribution in [0.2, 0.25) is 0 Å². The van der Waals surface area contributed by atoms with Gasteiger partial charge in [0.1, 0.15) is 16.7 Å². The van der Waals surface area contributed by atoms with Crippen LogP contribution < -0.4 is 10.9 Å². The summed E-state index contributed by atoms with van der Waals surface area (Å²) in [5, 5.41) is 5.77. The van der Waals surface area contributed by atoms with Gasteiger partial charge in [-0.1, -0.05) is 32.4 Å². The van der Waals surface area contributed by atoms with Gasteiger partial charge in [-0.25, -0.2) is 4.79 Å². The van der Waals surface area contributed by atoms with Gasteiger partial charge in [0.15, 0.2) is 0 Å². The number of furan rings is 1. The van der Waals surface area contributed by atoms with Gasteiger partial charge in [-0.2, -0.15) is 0 Å². The SMILES string of the molecule is Cc1ccc2oc(=O)c3c(C)oc(NC(C)(C)CC(C)(C)C)c3c2c1. The minimum absolute atomic E-state index is 0.172. The molecule has 0 atom stereocenters. The lowest BCUT2D eigenvalue weighted by molar-refractivity contribution is 0.299. The van der Waals surface area contributed by atoms with Crippen molar-refractivity contribution >= 4 is 27.6 Å².